The maximum Gasteiger partial charge on any atom is 1.00 e. The molecule has 0 aromatic heterocycles. The van der Waals surface area contributed by atoms with Gasteiger partial charge in [0.25, 0.3) is 10.1 Å². The van der Waals surface area contributed by atoms with E-state index in [1.807, 2.05) is 18.2 Å². The van der Waals surface area contributed by atoms with E-state index in [0.29, 0.717) is 5.75 Å². The molecular weight excluding hydrogens is 423 g/mol. The predicted molar refractivity (Wildman–Crippen MR) is 118 cm³/mol. The molecule has 166 valence electrons. The van der Waals surface area contributed by atoms with Crippen molar-refractivity contribution >= 4 is 10.1 Å². The van der Waals surface area contributed by atoms with Crippen molar-refractivity contribution in [2.75, 3.05) is 0 Å². The molecule has 0 radical (unpaired) electrons. The Labute approximate surface area is 209 Å². The van der Waals surface area contributed by atoms with E-state index in [-0.39, 0.29) is 35.3 Å². The van der Waals surface area contributed by atoms with Crippen LogP contribution < -0.4 is 39.4 Å². The molecule has 0 saturated heterocycles. The Bertz CT molecular complexity index is 883. The zero-order valence-electron chi connectivity index (χ0n) is 18.8. The second-order valence-electron chi connectivity index (χ2n) is 7.74. The van der Waals surface area contributed by atoms with Crippen molar-refractivity contribution in [1.29, 1.82) is 0 Å². The van der Waals surface area contributed by atoms with Gasteiger partial charge < -0.3 is 9.84 Å². The summed E-state index contributed by atoms with van der Waals surface area (Å²) in [5.41, 5.74) is 1.10. The second-order valence-corrected chi connectivity index (χ2v) is 9.10. The van der Waals surface area contributed by atoms with Gasteiger partial charge in [0.15, 0.2) is 0 Å². The smallest absolute Gasteiger partial charge is 0.871 e. The zero-order chi connectivity index (χ0) is 21.8. The Hall–Kier alpha value is -1.05. The van der Waals surface area contributed by atoms with Gasteiger partial charge in [-0.1, -0.05) is 94.7 Å². The van der Waals surface area contributed by atoms with E-state index >= 15 is 0 Å². The number of aryl methyl sites for hydroxylation is 1. The Morgan fingerprint density at radius 3 is 2.06 bits per heavy atom. The largest absolute Gasteiger partial charge is 1.00 e. The van der Waals surface area contributed by atoms with Crippen LogP contribution in [0.2, 0.25) is 0 Å². The first-order chi connectivity index (χ1) is 14.4. The quantitative estimate of drug-likeness (QED) is 0.268. The van der Waals surface area contributed by atoms with Gasteiger partial charge in [0.1, 0.15) is 16.4 Å². The normalized spacial score (nSPS) is 11.2. The van der Waals surface area contributed by atoms with E-state index in [4.69, 9.17) is 4.74 Å². The van der Waals surface area contributed by atoms with E-state index < -0.39 is 20.8 Å². The fourth-order valence-electron chi connectivity index (χ4n) is 3.54. The molecule has 0 heterocycles. The molecular formula is C24H33NaO5S. The molecule has 0 fully saturated rings. The third-order valence-corrected chi connectivity index (χ3v) is 6.06. The number of hydrogen-bond acceptors (Lipinski definition) is 4. The molecule has 0 aliphatic carbocycles. The molecule has 0 aliphatic heterocycles. The van der Waals surface area contributed by atoms with Gasteiger partial charge in [-0.3, -0.25) is 4.55 Å². The molecule has 0 atom stereocenters. The molecule has 7 heteroatoms. The minimum absolute atomic E-state index is 0. The van der Waals surface area contributed by atoms with Crippen LogP contribution >= 0.6 is 0 Å². The number of ether oxygens (including phenoxy) is 1. The van der Waals surface area contributed by atoms with Crippen molar-refractivity contribution < 1.29 is 52.4 Å². The van der Waals surface area contributed by atoms with E-state index in [2.05, 4.69) is 6.92 Å². The van der Waals surface area contributed by atoms with Crippen molar-refractivity contribution in [3.8, 4) is 17.2 Å². The average Bonchev–Trinajstić information content (AvgIpc) is 2.69. The van der Waals surface area contributed by atoms with Gasteiger partial charge in [-0.15, -0.1) is 0 Å². The van der Waals surface area contributed by atoms with Crippen molar-refractivity contribution in [3.05, 3.63) is 48.0 Å². The Kier molecular flexibility index (Phi) is 13.5. The first-order valence-electron chi connectivity index (χ1n) is 11.0. The molecule has 0 amide bonds. The van der Waals surface area contributed by atoms with E-state index in [1.54, 1.807) is 6.07 Å². The van der Waals surface area contributed by atoms with Crippen LogP contribution in [-0.4, -0.2) is 13.0 Å². The van der Waals surface area contributed by atoms with Gasteiger partial charge in [-0.2, -0.15) is 8.42 Å². The van der Waals surface area contributed by atoms with Crippen molar-refractivity contribution in [2.24, 2.45) is 0 Å². The maximum absolute atomic E-state index is 11.8. The summed E-state index contributed by atoms with van der Waals surface area (Å²) in [5.74, 6) is -0.521. The third-order valence-electron chi connectivity index (χ3n) is 5.15. The van der Waals surface area contributed by atoms with Crippen molar-refractivity contribution in [3.63, 3.8) is 0 Å². The number of benzene rings is 2. The molecule has 5 nitrogen and oxygen atoms in total. The van der Waals surface area contributed by atoms with E-state index in [1.165, 1.54) is 69.9 Å². The van der Waals surface area contributed by atoms with Gasteiger partial charge in [0.2, 0.25) is 0 Å². The molecule has 0 aliphatic rings. The molecule has 0 spiro atoms. The average molecular weight is 457 g/mol. The summed E-state index contributed by atoms with van der Waals surface area (Å²) in [6.45, 7) is 2.24. The summed E-state index contributed by atoms with van der Waals surface area (Å²) in [6, 6.07) is 11.2. The van der Waals surface area contributed by atoms with Gasteiger partial charge in [0.05, 0.1) is 0 Å². The summed E-state index contributed by atoms with van der Waals surface area (Å²) in [4.78, 5) is -0.731. The number of unbranched alkanes of at least 4 members (excludes halogenated alkanes) is 9. The number of rotatable bonds is 14. The summed E-state index contributed by atoms with van der Waals surface area (Å²) >= 11 is 0. The van der Waals surface area contributed by atoms with Crippen LogP contribution in [0, 0.1) is 0 Å². The van der Waals surface area contributed by atoms with Crippen LogP contribution in [0.3, 0.4) is 0 Å². The summed E-state index contributed by atoms with van der Waals surface area (Å²) < 4.78 is 38.0. The van der Waals surface area contributed by atoms with Crippen LogP contribution in [0.15, 0.2) is 47.4 Å². The molecule has 2 aromatic rings. The van der Waals surface area contributed by atoms with Crippen LogP contribution in [0.25, 0.3) is 0 Å². The van der Waals surface area contributed by atoms with Gasteiger partial charge >= 0.3 is 29.6 Å². The molecule has 0 unspecified atom stereocenters. The molecule has 2 rings (SSSR count). The van der Waals surface area contributed by atoms with Crippen molar-refractivity contribution in [1.82, 2.24) is 0 Å². The second kappa shape index (κ2) is 14.9. The molecule has 2 aromatic carbocycles. The minimum Gasteiger partial charge on any atom is -0.871 e. The van der Waals surface area contributed by atoms with Gasteiger partial charge in [0, 0.05) is 0 Å². The monoisotopic (exact) mass is 456 g/mol. The van der Waals surface area contributed by atoms with E-state index in [0.717, 1.165) is 24.5 Å². The topological polar surface area (TPSA) is 86.7 Å². The predicted octanol–water partition coefficient (Wildman–Crippen LogP) is 3.27. The van der Waals surface area contributed by atoms with Crippen LogP contribution in [0.5, 0.6) is 17.2 Å². The summed E-state index contributed by atoms with van der Waals surface area (Å²) in [7, 11) is -4.66. The summed E-state index contributed by atoms with van der Waals surface area (Å²) in [6.07, 6.45) is 13.8. The molecule has 1 N–H and O–H groups in total. The van der Waals surface area contributed by atoms with Crippen LogP contribution in [0.1, 0.15) is 76.7 Å². The standard InChI is InChI=1S/C24H34O5S.Na/c1-2-3-4-5-6-7-8-9-10-11-14-20-15-12-16-21(19-20)29-23-18-13-17-22(25)24(23)30(26,27)28;/h12-13,15-19,25H,2-11,14H2,1H3,(H,26,27,28);/q;+1/p-1. The number of hydrogen-bond donors (Lipinski definition) is 1. The Morgan fingerprint density at radius 1 is 0.871 bits per heavy atom. The third kappa shape index (κ3) is 10.4. The zero-order valence-corrected chi connectivity index (χ0v) is 21.6. The molecule has 31 heavy (non-hydrogen) atoms. The minimum atomic E-state index is -4.66. The van der Waals surface area contributed by atoms with Crippen molar-refractivity contribution in [2.45, 2.75) is 82.4 Å². The Balaban J connectivity index is 0.00000480. The van der Waals surface area contributed by atoms with Gasteiger partial charge in [-0.25, -0.2) is 0 Å². The van der Waals surface area contributed by atoms with Crippen LogP contribution in [0.4, 0.5) is 0 Å². The SMILES string of the molecule is CCCCCCCCCCCCc1cccc(Oc2cccc([O-])c2S(=O)(=O)O)c1.[Na+]. The van der Waals surface area contributed by atoms with Crippen LogP contribution in [-0.2, 0) is 16.5 Å². The Morgan fingerprint density at radius 2 is 1.45 bits per heavy atom. The summed E-state index contributed by atoms with van der Waals surface area (Å²) in [5, 5.41) is 11.8. The van der Waals surface area contributed by atoms with E-state index in [9.17, 15) is 18.1 Å². The first kappa shape index (κ1) is 28.0. The molecule has 0 bridgehead atoms. The van der Waals surface area contributed by atoms with Gasteiger partial charge in [-0.05, 0) is 36.6 Å². The fraction of sp³-hybridized carbons (Fsp3) is 0.500. The first-order valence-corrected chi connectivity index (χ1v) is 12.4. The molecule has 0 saturated carbocycles. The maximum atomic E-state index is 11.8. The fourth-order valence-corrected chi connectivity index (χ4v) is 4.22.